The van der Waals surface area contributed by atoms with E-state index in [0.29, 0.717) is 36.8 Å². The van der Waals surface area contributed by atoms with Gasteiger partial charge >= 0.3 is 12.0 Å². The smallest absolute Gasteiger partial charge is 0.335 e. The maximum atomic E-state index is 13.7. The second-order valence-corrected chi connectivity index (χ2v) is 10.6. The van der Waals surface area contributed by atoms with E-state index in [2.05, 4.69) is 15.5 Å². The molecular weight excluding hydrogens is 543 g/mol. The summed E-state index contributed by atoms with van der Waals surface area (Å²) in [5.41, 5.74) is 2.18. The summed E-state index contributed by atoms with van der Waals surface area (Å²) in [4.78, 5) is 41.1. The molecule has 222 valence electrons. The lowest BCUT2D eigenvalue weighted by atomic mass is 9.99. The van der Waals surface area contributed by atoms with Crippen molar-refractivity contribution >= 4 is 29.3 Å². The van der Waals surface area contributed by atoms with Gasteiger partial charge in [0, 0.05) is 36.9 Å². The number of urea groups is 1. The molecule has 1 aliphatic heterocycles. The quantitative estimate of drug-likeness (QED) is 0.294. The Balaban J connectivity index is 1.54. The van der Waals surface area contributed by atoms with Crippen molar-refractivity contribution in [1.29, 1.82) is 0 Å². The van der Waals surface area contributed by atoms with E-state index in [1.54, 1.807) is 54.3 Å². The maximum absolute atomic E-state index is 13.7. The largest absolute Gasteiger partial charge is 0.488 e. The number of rotatable bonds is 9. The van der Waals surface area contributed by atoms with Crippen molar-refractivity contribution in [2.75, 3.05) is 37.4 Å². The molecule has 0 aliphatic carbocycles. The molecule has 42 heavy (non-hydrogen) atoms. The van der Waals surface area contributed by atoms with Crippen LogP contribution in [0.1, 0.15) is 40.1 Å². The van der Waals surface area contributed by atoms with Crippen LogP contribution < -0.4 is 15.4 Å². The van der Waals surface area contributed by atoms with Crippen LogP contribution in [0.5, 0.6) is 5.75 Å². The SMILES string of the molecule is C[C@@H]1CN([C@@H](C)CO)C(=O)c2cc(NC(=O)Nc3ccc(F)cc3)ccc2O[C@@H]1CN(C)Cc1ccc(C(=O)O)cc1. The Kier molecular flexibility index (Phi) is 9.76. The van der Waals surface area contributed by atoms with Crippen LogP contribution in [0.2, 0.25) is 0 Å². The number of benzene rings is 3. The molecule has 3 atom stereocenters. The monoisotopic (exact) mass is 578 g/mol. The topological polar surface area (TPSA) is 131 Å². The molecule has 4 rings (SSSR count). The third-order valence-electron chi connectivity index (χ3n) is 7.17. The number of fused-ring (bicyclic) bond motifs is 1. The summed E-state index contributed by atoms with van der Waals surface area (Å²) in [5.74, 6) is -1.46. The summed E-state index contributed by atoms with van der Waals surface area (Å²) in [6.07, 6.45) is -0.325. The van der Waals surface area contributed by atoms with Gasteiger partial charge < -0.3 is 30.5 Å². The van der Waals surface area contributed by atoms with E-state index in [1.807, 2.05) is 14.0 Å². The Bertz CT molecular complexity index is 1420. The van der Waals surface area contributed by atoms with Crippen LogP contribution >= 0.6 is 0 Å². The van der Waals surface area contributed by atoms with Gasteiger partial charge in [-0.3, -0.25) is 9.69 Å². The Labute approximate surface area is 243 Å². The molecule has 4 N–H and O–H groups in total. The molecular formula is C31H35FN4O6. The minimum Gasteiger partial charge on any atom is -0.488 e. The molecule has 11 heteroatoms. The van der Waals surface area contributed by atoms with Gasteiger partial charge in [-0.25, -0.2) is 14.0 Å². The number of aliphatic hydroxyl groups excluding tert-OH is 1. The van der Waals surface area contributed by atoms with Crippen molar-refractivity contribution in [3.8, 4) is 5.75 Å². The molecule has 0 saturated carbocycles. The Hall–Kier alpha value is -4.48. The fourth-order valence-electron chi connectivity index (χ4n) is 4.78. The summed E-state index contributed by atoms with van der Waals surface area (Å²) in [7, 11) is 1.94. The number of hydrogen-bond donors (Lipinski definition) is 4. The third-order valence-corrected chi connectivity index (χ3v) is 7.17. The highest BCUT2D eigenvalue weighted by atomic mass is 19.1. The normalized spacial score (nSPS) is 17.5. The predicted octanol–water partition coefficient (Wildman–Crippen LogP) is 4.52. The molecule has 0 saturated heterocycles. The molecule has 3 aromatic rings. The highest BCUT2D eigenvalue weighted by Crippen LogP contribution is 2.31. The second-order valence-electron chi connectivity index (χ2n) is 10.6. The number of aromatic carboxylic acids is 1. The predicted molar refractivity (Wildman–Crippen MR) is 156 cm³/mol. The van der Waals surface area contributed by atoms with Crippen molar-refractivity contribution in [1.82, 2.24) is 9.80 Å². The molecule has 10 nitrogen and oxygen atoms in total. The van der Waals surface area contributed by atoms with E-state index in [1.165, 1.54) is 24.3 Å². The summed E-state index contributed by atoms with van der Waals surface area (Å²) in [6, 6.07) is 15.8. The zero-order chi connectivity index (χ0) is 30.4. The zero-order valence-corrected chi connectivity index (χ0v) is 23.7. The Morgan fingerprint density at radius 3 is 2.36 bits per heavy atom. The molecule has 0 bridgehead atoms. The number of aliphatic hydroxyl groups is 1. The van der Waals surface area contributed by atoms with Gasteiger partial charge in [-0.2, -0.15) is 0 Å². The molecule has 0 spiro atoms. The lowest BCUT2D eigenvalue weighted by Gasteiger charge is -2.38. The number of carbonyl (C=O) groups excluding carboxylic acids is 2. The molecule has 3 amide bonds. The second kappa shape index (κ2) is 13.5. The highest BCUT2D eigenvalue weighted by molar-refractivity contribution is 6.02. The highest BCUT2D eigenvalue weighted by Gasteiger charge is 2.33. The van der Waals surface area contributed by atoms with Gasteiger partial charge in [-0.1, -0.05) is 19.1 Å². The van der Waals surface area contributed by atoms with Gasteiger partial charge in [0.15, 0.2) is 0 Å². The summed E-state index contributed by atoms with van der Waals surface area (Å²) in [6.45, 7) is 4.95. The van der Waals surface area contributed by atoms with Crippen LogP contribution in [0, 0.1) is 11.7 Å². The van der Waals surface area contributed by atoms with Crippen LogP contribution in [-0.2, 0) is 6.54 Å². The number of carboxylic acids is 1. The first-order valence-corrected chi connectivity index (χ1v) is 13.6. The number of carboxylic acid groups (broad SMARTS) is 1. The van der Waals surface area contributed by atoms with Crippen LogP contribution in [0.4, 0.5) is 20.6 Å². The first-order chi connectivity index (χ1) is 20.0. The lowest BCUT2D eigenvalue weighted by molar-refractivity contribution is 0.0341. The number of carbonyl (C=O) groups is 3. The van der Waals surface area contributed by atoms with Gasteiger partial charge in [-0.15, -0.1) is 0 Å². The molecule has 0 radical (unpaired) electrons. The Morgan fingerprint density at radius 2 is 1.71 bits per heavy atom. The van der Waals surface area contributed by atoms with E-state index in [9.17, 15) is 23.9 Å². The van der Waals surface area contributed by atoms with Crippen LogP contribution in [0.25, 0.3) is 0 Å². The fraction of sp³-hybridized carbons (Fsp3) is 0.323. The summed E-state index contributed by atoms with van der Waals surface area (Å²) in [5, 5.41) is 24.4. The van der Waals surface area contributed by atoms with E-state index in [-0.39, 0.29) is 35.7 Å². The number of anilines is 2. The minimum atomic E-state index is -0.978. The van der Waals surface area contributed by atoms with Crippen LogP contribution in [0.15, 0.2) is 66.7 Å². The minimum absolute atomic E-state index is 0.0905. The van der Waals surface area contributed by atoms with E-state index in [4.69, 9.17) is 9.84 Å². The van der Waals surface area contributed by atoms with Crippen molar-refractivity contribution in [2.45, 2.75) is 32.5 Å². The third kappa shape index (κ3) is 7.62. The van der Waals surface area contributed by atoms with Gasteiger partial charge in [0.1, 0.15) is 17.7 Å². The van der Waals surface area contributed by atoms with E-state index in [0.717, 1.165) is 5.56 Å². The van der Waals surface area contributed by atoms with Gasteiger partial charge in [0.05, 0.1) is 23.8 Å². The van der Waals surface area contributed by atoms with Crippen LogP contribution in [-0.4, -0.2) is 76.8 Å². The molecule has 1 aliphatic rings. The number of amides is 3. The molecule has 1 heterocycles. The summed E-state index contributed by atoms with van der Waals surface area (Å²) >= 11 is 0. The molecule has 0 aromatic heterocycles. The first-order valence-electron chi connectivity index (χ1n) is 13.6. The van der Waals surface area contributed by atoms with Crippen LogP contribution in [0.3, 0.4) is 0 Å². The number of hydrogen-bond acceptors (Lipinski definition) is 6. The number of ether oxygens (including phenoxy) is 1. The zero-order valence-electron chi connectivity index (χ0n) is 23.7. The van der Waals surface area contributed by atoms with Gasteiger partial charge in [0.2, 0.25) is 0 Å². The maximum Gasteiger partial charge on any atom is 0.335 e. The number of nitrogens with zero attached hydrogens (tertiary/aromatic N) is 2. The molecule has 0 fully saturated rings. The lowest BCUT2D eigenvalue weighted by Crippen LogP contribution is -2.49. The van der Waals surface area contributed by atoms with Gasteiger partial charge in [0.25, 0.3) is 5.91 Å². The first kappa shape index (κ1) is 30.5. The number of likely N-dealkylation sites (N-methyl/N-ethyl adjacent to an activating group) is 1. The standard InChI is InChI=1S/C31H35FN4O6/c1-19-15-36(20(2)18-37)29(38)26-14-25(34-31(41)33-24-10-8-23(32)9-11-24)12-13-27(26)42-28(19)17-35(3)16-21-4-6-22(7-5-21)30(39)40/h4-14,19-20,28,37H,15-18H2,1-3H3,(H,39,40)(H2,33,34,41)/t19-,20+,28-/m1/s1. The van der Waals surface area contributed by atoms with Gasteiger partial charge in [-0.05, 0) is 74.1 Å². The average molecular weight is 579 g/mol. The van der Waals surface area contributed by atoms with Crippen molar-refractivity contribution in [3.05, 3.63) is 89.2 Å². The number of halogens is 1. The summed E-state index contributed by atoms with van der Waals surface area (Å²) < 4.78 is 19.6. The van der Waals surface area contributed by atoms with Crippen molar-refractivity contribution in [3.63, 3.8) is 0 Å². The van der Waals surface area contributed by atoms with E-state index >= 15 is 0 Å². The Morgan fingerprint density at radius 1 is 1.07 bits per heavy atom. The fourth-order valence-corrected chi connectivity index (χ4v) is 4.78. The average Bonchev–Trinajstić information content (AvgIpc) is 2.96. The van der Waals surface area contributed by atoms with Crippen molar-refractivity contribution < 1.29 is 33.7 Å². The number of nitrogens with one attached hydrogen (secondary N) is 2. The molecule has 3 aromatic carbocycles. The van der Waals surface area contributed by atoms with Crippen molar-refractivity contribution in [2.24, 2.45) is 5.92 Å². The van der Waals surface area contributed by atoms with E-state index < -0.39 is 23.9 Å². The molecule has 0 unspecified atom stereocenters.